The third-order valence-electron chi connectivity index (χ3n) is 2.80. The maximum atomic E-state index is 13.3. The summed E-state index contributed by atoms with van der Waals surface area (Å²) in [6.07, 6.45) is 0. The topological polar surface area (TPSA) is 41.5 Å². The van der Waals surface area contributed by atoms with Gasteiger partial charge < -0.3 is 15.2 Å². The number of aliphatic hydroxyl groups excluding tert-OH is 1. The molecule has 0 radical (unpaired) electrons. The van der Waals surface area contributed by atoms with Gasteiger partial charge in [-0.1, -0.05) is 12.1 Å². The molecule has 0 atom stereocenters. The Bertz CT molecular complexity index is 540. The summed E-state index contributed by atoms with van der Waals surface area (Å²) in [7, 11) is 1.62. The molecule has 2 N–H and O–H groups in total. The first-order valence-corrected chi connectivity index (χ1v) is 5.98. The van der Waals surface area contributed by atoms with Crippen LogP contribution in [0.1, 0.15) is 11.1 Å². The lowest BCUT2D eigenvalue weighted by Gasteiger charge is -2.09. The molecule has 0 aromatic heterocycles. The second kappa shape index (κ2) is 6.20. The predicted molar refractivity (Wildman–Crippen MR) is 72.6 cm³/mol. The summed E-state index contributed by atoms with van der Waals surface area (Å²) < 4.78 is 18.4. The Labute approximate surface area is 111 Å². The minimum Gasteiger partial charge on any atom is -0.497 e. The molecule has 100 valence electrons. The largest absolute Gasteiger partial charge is 0.497 e. The van der Waals surface area contributed by atoms with Crippen molar-refractivity contribution < 1.29 is 14.2 Å². The lowest BCUT2D eigenvalue weighted by Crippen LogP contribution is -2.00. The average Bonchev–Trinajstić information content (AvgIpc) is 2.45. The highest BCUT2D eigenvalue weighted by Gasteiger charge is 2.00. The fourth-order valence-corrected chi connectivity index (χ4v) is 1.79. The fraction of sp³-hybridized carbons (Fsp3) is 0.200. The van der Waals surface area contributed by atoms with Gasteiger partial charge >= 0.3 is 0 Å². The summed E-state index contributed by atoms with van der Waals surface area (Å²) in [5, 5.41) is 12.1. The number of benzene rings is 2. The van der Waals surface area contributed by atoms with Crippen LogP contribution in [0.3, 0.4) is 0 Å². The van der Waals surface area contributed by atoms with Crippen molar-refractivity contribution in [3.8, 4) is 5.75 Å². The Morgan fingerprint density at radius 1 is 1.11 bits per heavy atom. The maximum absolute atomic E-state index is 13.3. The standard InChI is InChI=1S/C15H16FNO2/c1-19-15-4-2-11(3-5-15)9-17-14-7-12(10-18)6-13(16)8-14/h2-8,17-18H,9-10H2,1H3. The number of rotatable bonds is 5. The number of nitrogens with one attached hydrogen (secondary N) is 1. The van der Waals surface area contributed by atoms with E-state index in [1.165, 1.54) is 12.1 Å². The Balaban J connectivity index is 2.03. The van der Waals surface area contributed by atoms with Crippen LogP contribution in [-0.2, 0) is 13.2 Å². The molecule has 0 saturated heterocycles. The molecule has 0 heterocycles. The van der Waals surface area contributed by atoms with E-state index in [4.69, 9.17) is 9.84 Å². The first-order valence-electron chi connectivity index (χ1n) is 5.98. The van der Waals surface area contributed by atoms with Crippen molar-refractivity contribution in [3.63, 3.8) is 0 Å². The minimum atomic E-state index is -0.358. The molecular weight excluding hydrogens is 245 g/mol. The zero-order valence-electron chi connectivity index (χ0n) is 10.7. The van der Waals surface area contributed by atoms with Gasteiger partial charge in [-0.3, -0.25) is 0 Å². The molecule has 0 saturated carbocycles. The fourth-order valence-electron chi connectivity index (χ4n) is 1.79. The van der Waals surface area contributed by atoms with Crippen LogP contribution in [0.4, 0.5) is 10.1 Å². The van der Waals surface area contributed by atoms with Crippen molar-refractivity contribution in [1.82, 2.24) is 0 Å². The number of ether oxygens (including phenoxy) is 1. The van der Waals surface area contributed by atoms with Crippen molar-refractivity contribution >= 4 is 5.69 Å². The van der Waals surface area contributed by atoms with Crippen LogP contribution in [0.15, 0.2) is 42.5 Å². The second-order valence-corrected chi connectivity index (χ2v) is 4.21. The smallest absolute Gasteiger partial charge is 0.125 e. The molecule has 19 heavy (non-hydrogen) atoms. The number of aliphatic hydroxyl groups is 1. The number of halogens is 1. The quantitative estimate of drug-likeness (QED) is 0.869. The number of anilines is 1. The molecule has 2 rings (SSSR count). The van der Waals surface area contributed by atoms with Crippen molar-refractivity contribution in [2.24, 2.45) is 0 Å². The third-order valence-corrected chi connectivity index (χ3v) is 2.80. The van der Waals surface area contributed by atoms with Crippen LogP contribution in [0.2, 0.25) is 0 Å². The Kier molecular flexibility index (Phi) is 4.36. The van der Waals surface area contributed by atoms with E-state index in [1.807, 2.05) is 24.3 Å². The number of methoxy groups -OCH3 is 1. The van der Waals surface area contributed by atoms with E-state index in [0.717, 1.165) is 11.3 Å². The van der Waals surface area contributed by atoms with Crippen LogP contribution in [0.25, 0.3) is 0 Å². The molecule has 0 aliphatic rings. The van der Waals surface area contributed by atoms with E-state index in [1.54, 1.807) is 13.2 Å². The molecule has 4 heteroatoms. The normalized spacial score (nSPS) is 10.3. The van der Waals surface area contributed by atoms with Gasteiger partial charge in [0, 0.05) is 12.2 Å². The molecule has 0 amide bonds. The number of hydrogen-bond acceptors (Lipinski definition) is 3. The first kappa shape index (κ1) is 13.4. The van der Waals surface area contributed by atoms with Crippen LogP contribution < -0.4 is 10.1 Å². The molecule has 0 fully saturated rings. The van der Waals surface area contributed by atoms with Crippen LogP contribution >= 0.6 is 0 Å². The molecule has 0 unspecified atom stereocenters. The summed E-state index contributed by atoms with van der Waals surface area (Å²) in [6.45, 7) is 0.410. The summed E-state index contributed by atoms with van der Waals surface area (Å²) in [4.78, 5) is 0. The lowest BCUT2D eigenvalue weighted by molar-refractivity contribution is 0.281. The third kappa shape index (κ3) is 3.69. The van der Waals surface area contributed by atoms with Gasteiger partial charge in [0.05, 0.1) is 13.7 Å². The maximum Gasteiger partial charge on any atom is 0.125 e. The van der Waals surface area contributed by atoms with Gasteiger partial charge in [-0.15, -0.1) is 0 Å². The van der Waals surface area contributed by atoms with E-state index in [-0.39, 0.29) is 12.4 Å². The molecule has 0 spiro atoms. The average molecular weight is 261 g/mol. The van der Waals surface area contributed by atoms with Crippen molar-refractivity contribution in [2.45, 2.75) is 13.2 Å². The van der Waals surface area contributed by atoms with E-state index < -0.39 is 0 Å². The number of hydrogen-bond donors (Lipinski definition) is 2. The summed E-state index contributed by atoms with van der Waals surface area (Å²) in [6, 6.07) is 12.1. The Morgan fingerprint density at radius 2 is 1.84 bits per heavy atom. The molecule has 0 aliphatic carbocycles. The predicted octanol–water partition coefficient (Wildman–Crippen LogP) is 2.94. The van der Waals surface area contributed by atoms with Crippen molar-refractivity contribution in [2.75, 3.05) is 12.4 Å². The van der Waals surface area contributed by atoms with Gasteiger partial charge in [0.2, 0.25) is 0 Å². The molecule has 2 aromatic carbocycles. The Morgan fingerprint density at radius 3 is 2.47 bits per heavy atom. The zero-order valence-corrected chi connectivity index (χ0v) is 10.7. The zero-order chi connectivity index (χ0) is 13.7. The monoisotopic (exact) mass is 261 g/mol. The molecule has 0 aliphatic heterocycles. The Hall–Kier alpha value is -2.07. The SMILES string of the molecule is COc1ccc(CNc2cc(F)cc(CO)c2)cc1. The second-order valence-electron chi connectivity index (χ2n) is 4.21. The van der Waals surface area contributed by atoms with Gasteiger partial charge in [0.25, 0.3) is 0 Å². The van der Waals surface area contributed by atoms with Gasteiger partial charge in [-0.25, -0.2) is 4.39 Å². The molecule has 0 bridgehead atoms. The van der Waals surface area contributed by atoms with Gasteiger partial charge in [0.15, 0.2) is 0 Å². The molecule has 3 nitrogen and oxygen atoms in total. The highest BCUT2D eigenvalue weighted by atomic mass is 19.1. The van der Waals surface area contributed by atoms with Crippen molar-refractivity contribution in [1.29, 1.82) is 0 Å². The summed E-state index contributed by atoms with van der Waals surface area (Å²) >= 11 is 0. The minimum absolute atomic E-state index is 0.172. The van der Waals surface area contributed by atoms with E-state index in [0.29, 0.717) is 17.8 Å². The highest BCUT2D eigenvalue weighted by molar-refractivity contribution is 5.46. The molecule has 2 aromatic rings. The van der Waals surface area contributed by atoms with E-state index in [2.05, 4.69) is 5.32 Å². The summed E-state index contributed by atoms with van der Waals surface area (Å²) in [5.74, 6) is 0.445. The van der Waals surface area contributed by atoms with E-state index in [9.17, 15) is 4.39 Å². The van der Waals surface area contributed by atoms with Gasteiger partial charge in [-0.2, -0.15) is 0 Å². The van der Waals surface area contributed by atoms with Crippen LogP contribution in [0.5, 0.6) is 5.75 Å². The first-order chi connectivity index (χ1) is 9.21. The summed E-state index contributed by atoms with van der Waals surface area (Å²) in [5.41, 5.74) is 2.27. The van der Waals surface area contributed by atoms with Crippen molar-refractivity contribution in [3.05, 3.63) is 59.4 Å². The van der Waals surface area contributed by atoms with Crippen LogP contribution in [-0.4, -0.2) is 12.2 Å². The van der Waals surface area contributed by atoms with Gasteiger partial charge in [-0.05, 0) is 41.5 Å². The van der Waals surface area contributed by atoms with Crippen LogP contribution in [0, 0.1) is 5.82 Å². The van der Waals surface area contributed by atoms with E-state index >= 15 is 0 Å². The lowest BCUT2D eigenvalue weighted by atomic mass is 10.2. The molecular formula is C15H16FNO2. The highest BCUT2D eigenvalue weighted by Crippen LogP contribution is 2.16. The van der Waals surface area contributed by atoms with Gasteiger partial charge in [0.1, 0.15) is 11.6 Å².